The first-order valence-electron chi connectivity index (χ1n) is 5.34. The van der Waals surface area contributed by atoms with Crippen molar-refractivity contribution in [2.75, 3.05) is 26.8 Å². The molecule has 0 fully saturated rings. The summed E-state index contributed by atoms with van der Waals surface area (Å²) in [6.45, 7) is 4.22. The van der Waals surface area contributed by atoms with Gasteiger partial charge in [-0.1, -0.05) is 6.92 Å². The van der Waals surface area contributed by atoms with Crippen molar-refractivity contribution in [1.82, 2.24) is 0 Å². The third kappa shape index (κ3) is 5.07. The van der Waals surface area contributed by atoms with E-state index in [1.165, 1.54) is 0 Å². The minimum atomic E-state index is -1.94. The second kappa shape index (κ2) is 8.37. The molecule has 4 N–H and O–H groups in total. The average Bonchev–Trinajstić information content (AvgIpc) is 2.24. The molecule has 0 aromatic carbocycles. The molecule has 0 aliphatic carbocycles. The summed E-state index contributed by atoms with van der Waals surface area (Å²) in [6, 6.07) is 1.97. The fourth-order valence-electron chi connectivity index (χ4n) is 1.37. The maximum atomic E-state index is 5.85. The third-order valence-corrected chi connectivity index (χ3v) is 6.05. The Labute approximate surface area is 88.2 Å². The smallest absolute Gasteiger partial charge is 0.337 e. The lowest BCUT2D eigenvalue weighted by Gasteiger charge is -2.27. The predicted molar refractivity (Wildman–Crippen MR) is 61.3 cm³/mol. The van der Waals surface area contributed by atoms with Crippen LogP contribution in [0.1, 0.15) is 19.8 Å². The van der Waals surface area contributed by atoms with E-state index in [0.29, 0.717) is 13.1 Å². The Kier molecular flexibility index (Phi) is 8.41. The van der Waals surface area contributed by atoms with Crippen LogP contribution in [0.5, 0.6) is 0 Å². The SMILES string of the molecule is CC[Si](CCCN)(OC)OCCCN. The van der Waals surface area contributed by atoms with E-state index in [9.17, 15) is 0 Å². The summed E-state index contributed by atoms with van der Waals surface area (Å²) in [5.74, 6) is 0. The fourth-order valence-corrected chi connectivity index (χ4v) is 3.94. The molecule has 0 bridgehead atoms. The van der Waals surface area contributed by atoms with Gasteiger partial charge in [0.15, 0.2) is 0 Å². The Bertz CT molecular complexity index is 132. The zero-order chi connectivity index (χ0) is 10.9. The third-order valence-electron chi connectivity index (χ3n) is 2.39. The molecule has 14 heavy (non-hydrogen) atoms. The summed E-state index contributed by atoms with van der Waals surface area (Å²) >= 11 is 0. The standard InChI is InChI=1S/C9H24N2O2Si/c1-3-14(12-2,9-5-7-11)13-8-4-6-10/h3-11H2,1-2H3. The Morgan fingerprint density at radius 3 is 2.21 bits per heavy atom. The molecule has 0 aliphatic heterocycles. The van der Waals surface area contributed by atoms with Gasteiger partial charge in [-0.05, 0) is 38.0 Å². The molecule has 1 unspecified atom stereocenters. The number of rotatable bonds is 9. The summed E-state index contributed by atoms with van der Waals surface area (Å²) < 4.78 is 11.4. The van der Waals surface area contributed by atoms with Crippen molar-refractivity contribution < 1.29 is 8.85 Å². The Morgan fingerprint density at radius 2 is 1.79 bits per heavy atom. The van der Waals surface area contributed by atoms with Crippen LogP contribution in [0.3, 0.4) is 0 Å². The summed E-state index contributed by atoms with van der Waals surface area (Å²) in [5, 5.41) is 0. The first kappa shape index (κ1) is 14.1. The quantitative estimate of drug-likeness (QED) is 0.445. The summed E-state index contributed by atoms with van der Waals surface area (Å²) in [6.07, 6.45) is 1.89. The maximum Gasteiger partial charge on any atom is 0.337 e. The van der Waals surface area contributed by atoms with Gasteiger partial charge in [0.1, 0.15) is 0 Å². The van der Waals surface area contributed by atoms with Crippen LogP contribution in [0.25, 0.3) is 0 Å². The first-order valence-corrected chi connectivity index (χ1v) is 7.57. The van der Waals surface area contributed by atoms with Crippen molar-refractivity contribution in [2.45, 2.75) is 31.9 Å². The lowest BCUT2D eigenvalue weighted by Crippen LogP contribution is -2.41. The van der Waals surface area contributed by atoms with Crippen molar-refractivity contribution in [3.8, 4) is 0 Å². The molecule has 0 amide bonds. The molecule has 4 nitrogen and oxygen atoms in total. The van der Waals surface area contributed by atoms with Crippen LogP contribution >= 0.6 is 0 Å². The highest BCUT2D eigenvalue weighted by Gasteiger charge is 2.33. The fraction of sp³-hybridized carbons (Fsp3) is 1.00. The molecule has 0 aliphatic rings. The maximum absolute atomic E-state index is 5.85. The highest BCUT2D eigenvalue weighted by molar-refractivity contribution is 6.67. The second-order valence-corrected chi connectivity index (χ2v) is 7.08. The molecule has 0 aromatic heterocycles. The van der Waals surface area contributed by atoms with Crippen LogP contribution in [0.2, 0.25) is 12.1 Å². The zero-order valence-electron chi connectivity index (χ0n) is 9.42. The van der Waals surface area contributed by atoms with Gasteiger partial charge in [-0.15, -0.1) is 0 Å². The van der Waals surface area contributed by atoms with Gasteiger partial charge in [0, 0.05) is 13.7 Å². The number of hydrogen-bond acceptors (Lipinski definition) is 4. The van der Waals surface area contributed by atoms with Gasteiger partial charge in [0.25, 0.3) is 0 Å². The van der Waals surface area contributed by atoms with Gasteiger partial charge in [-0.2, -0.15) is 0 Å². The number of hydrogen-bond donors (Lipinski definition) is 2. The predicted octanol–water partition coefficient (Wildman–Crippen LogP) is 0.809. The lowest BCUT2D eigenvalue weighted by atomic mass is 10.5. The van der Waals surface area contributed by atoms with Crippen molar-refractivity contribution >= 4 is 8.56 Å². The van der Waals surface area contributed by atoms with Crippen molar-refractivity contribution in [3.63, 3.8) is 0 Å². The van der Waals surface area contributed by atoms with Gasteiger partial charge in [0.2, 0.25) is 0 Å². The molecule has 0 rings (SSSR count). The van der Waals surface area contributed by atoms with Crippen molar-refractivity contribution in [1.29, 1.82) is 0 Å². The molecule has 0 saturated carbocycles. The van der Waals surface area contributed by atoms with E-state index in [4.69, 9.17) is 20.3 Å². The highest BCUT2D eigenvalue weighted by atomic mass is 28.4. The van der Waals surface area contributed by atoms with Gasteiger partial charge in [-0.25, -0.2) is 0 Å². The van der Waals surface area contributed by atoms with Crippen LogP contribution < -0.4 is 11.5 Å². The normalized spacial score (nSPS) is 15.4. The Hall–Kier alpha value is 0.0569. The van der Waals surface area contributed by atoms with Gasteiger partial charge >= 0.3 is 8.56 Å². The van der Waals surface area contributed by atoms with Gasteiger partial charge < -0.3 is 20.3 Å². The minimum absolute atomic E-state index is 0.675. The molecular formula is C9H24N2O2Si. The molecule has 86 valence electrons. The minimum Gasteiger partial charge on any atom is -0.398 e. The van der Waals surface area contributed by atoms with Crippen LogP contribution in [-0.4, -0.2) is 35.4 Å². The number of nitrogens with two attached hydrogens (primary N) is 2. The largest absolute Gasteiger partial charge is 0.398 e. The van der Waals surface area contributed by atoms with E-state index in [-0.39, 0.29) is 0 Å². The van der Waals surface area contributed by atoms with Crippen molar-refractivity contribution in [2.24, 2.45) is 11.5 Å². The molecule has 5 heteroatoms. The molecule has 0 saturated heterocycles. The first-order chi connectivity index (χ1) is 6.74. The highest BCUT2D eigenvalue weighted by Crippen LogP contribution is 2.19. The summed E-state index contributed by atoms with van der Waals surface area (Å²) in [7, 11) is -0.192. The molecule has 0 spiro atoms. The van der Waals surface area contributed by atoms with E-state index >= 15 is 0 Å². The second-order valence-electron chi connectivity index (χ2n) is 3.35. The molecular weight excluding hydrogens is 196 g/mol. The average molecular weight is 220 g/mol. The van der Waals surface area contributed by atoms with Crippen LogP contribution in [0.4, 0.5) is 0 Å². The van der Waals surface area contributed by atoms with E-state index in [1.54, 1.807) is 7.11 Å². The summed E-state index contributed by atoms with van der Waals surface area (Å²) in [5.41, 5.74) is 10.9. The molecule has 1 atom stereocenters. The molecule has 0 heterocycles. The van der Waals surface area contributed by atoms with E-state index in [2.05, 4.69) is 6.92 Å². The van der Waals surface area contributed by atoms with E-state index in [1.807, 2.05) is 0 Å². The van der Waals surface area contributed by atoms with Crippen LogP contribution in [0.15, 0.2) is 0 Å². The zero-order valence-corrected chi connectivity index (χ0v) is 10.4. The van der Waals surface area contributed by atoms with Crippen molar-refractivity contribution in [3.05, 3.63) is 0 Å². The molecule has 0 aromatic rings. The van der Waals surface area contributed by atoms with E-state index < -0.39 is 8.56 Å². The Morgan fingerprint density at radius 1 is 1.14 bits per heavy atom. The van der Waals surface area contributed by atoms with Gasteiger partial charge in [0.05, 0.1) is 0 Å². The lowest BCUT2D eigenvalue weighted by molar-refractivity contribution is 0.197. The monoisotopic (exact) mass is 220 g/mol. The van der Waals surface area contributed by atoms with Crippen LogP contribution in [-0.2, 0) is 8.85 Å². The van der Waals surface area contributed by atoms with Crippen LogP contribution in [0, 0.1) is 0 Å². The van der Waals surface area contributed by atoms with Gasteiger partial charge in [-0.3, -0.25) is 0 Å². The van der Waals surface area contributed by atoms with E-state index in [0.717, 1.165) is 31.5 Å². The molecule has 0 radical (unpaired) electrons. The topological polar surface area (TPSA) is 70.5 Å². The Balaban J connectivity index is 3.94. The summed E-state index contributed by atoms with van der Waals surface area (Å²) in [4.78, 5) is 0.